The van der Waals surface area contributed by atoms with E-state index in [4.69, 9.17) is 10.7 Å². The number of nitrogens with two attached hydrogens (primary N) is 1. The van der Waals surface area contributed by atoms with Crippen molar-refractivity contribution in [3.05, 3.63) is 40.9 Å². The summed E-state index contributed by atoms with van der Waals surface area (Å²) < 4.78 is 0. The predicted octanol–water partition coefficient (Wildman–Crippen LogP) is 3.57. The molecule has 17 heavy (non-hydrogen) atoms. The Balaban J connectivity index is 2.20. The van der Waals surface area contributed by atoms with Crippen LogP contribution < -0.4 is 5.73 Å². The molecule has 3 heteroatoms. The number of thiazole rings is 1. The topological polar surface area (TPSA) is 38.9 Å². The maximum atomic E-state index is 5.58. The van der Waals surface area contributed by atoms with Crippen molar-refractivity contribution in [1.82, 2.24) is 4.98 Å². The molecular weight excluding hydrogens is 228 g/mol. The quantitative estimate of drug-likeness (QED) is 0.895. The van der Waals surface area contributed by atoms with Crippen LogP contribution in [-0.2, 0) is 0 Å². The van der Waals surface area contributed by atoms with Crippen molar-refractivity contribution in [2.45, 2.75) is 26.2 Å². The molecule has 2 N–H and O–H groups in total. The molecule has 0 aliphatic rings. The summed E-state index contributed by atoms with van der Waals surface area (Å²) in [6.45, 7) is 5.00. The minimum atomic E-state index is 0.454. The van der Waals surface area contributed by atoms with Gasteiger partial charge in [0.25, 0.3) is 0 Å². The van der Waals surface area contributed by atoms with Crippen LogP contribution in [0.4, 0.5) is 0 Å². The minimum absolute atomic E-state index is 0.454. The number of rotatable bonds is 4. The fourth-order valence-corrected chi connectivity index (χ4v) is 2.69. The molecule has 2 aromatic rings. The van der Waals surface area contributed by atoms with Crippen LogP contribution in [0.1, 0.15) is 30.5 Å². The molecule has 90 valence electrons. The van der Waals surface area contributed by atoms with Gasteiger partial charge in [-0.15, -0.1) is 11.3 Å². The van der Waals surface area contributed by atoms with Crippen LogP contribution in [-0.4, -0.2) is 11.5 Å². The van der Waals surface area contributed by atoms with Gasteiger partial charge >= 0.3 is 0 Å². The van der Waals surface area contributed by atoms with E-state index >= 15 is 0 Å². The molecule has 1 heterocycles. The number of aromatic nitrogens is 1. The molecule has 1 aromatic heterocycles. The zero-order valence-corrected chi connectivity index (χ0v) is 11.1. The average Bonchev–Trinajstić information content (AvgIpc) is 2.80. The van der Waals surface area contributed by atoms with Crippen molar-refractivity contribution >= 4 is 11.3 Å². The number of aryl methyl sites for hydroxylation is 1. The molecule has 1 aromatic carbocycles. The van der Waals surface area contributed by atoms with Gasteiger partial charge < -0.3 is 5.73 Å². The second-order valence-electron chi connectivity index (χ2n) is 4.42. The van der Waals surface area contributed by atoms with Crippen LogP contribution in [0.5, 0.6) is 0 Å². The monoisotopic (exact) mass is 246 g/mol. The van der Waals surface area contributed by atoms with Crippen molar-refractivity contribution in [2.75, 3.05) is 6.54 Å². The van der Waals surface area contributed by atoms with Crippen LogP contribution in [0, 0.1) is 6.92 Å². The number of nitrogens with zero attached hydrogens (tertiary/aromatic N) is 1. The Kier molecular flexibility index (Phi) is 3.92. The van der Waals surface area contributed by atoms with E-state index in [1.165, 1.54) is 11.1 Å². The maximum absolute atomic E-state index is 5.58. The molecule has 0 saturated heterocycles. The third-order valence-corrected chi connectivity index (χ3v) is 3.83. The Morgan fingerprint density at radius 3 is 2.65 bits per heavy atom. The van der Waals surface area contributed by atoms with E-state index in [0.717, 1.165) is 23.7 Å². The van der Waals surface area contributed by atoms with Gasteiger partial charge in [-0.3, -0.25) is 0 Å². The van der Waals surface area contributed by atoms with E-state index in [1.807, 2.05) is 0 Å². The molecule has 0 aliphatic carbocycles. The zero-order valence-electron chi connectivity index (χ0n) is 10.3. The number of hydrogen-bond donors (Lipinski definition) is 1. The Morgan fingerprint density at radius 2 is 2.00 bits per heavy atom. The molecule has 1 atom stereocenters. The van der Waals surface area contributed by atoms with E-state index in [0.29, 0.717) is 5.92 Å². The summed E-state index contributed by atoms with van der Waals surface area (Å²) in [6, 6.07) is 8.51. The lowest BCUT2D eigenvalue weighted by Crippen LogP contribution is -2.04. The van der Waals surface area contributed by atoms with Crippen molar-refractivity contribution in [1.29, 1.82) is 0 Å². The smallest absolute Gasteiger partial charge is 0.123 e. The highest BCUT2D eigenvalue weighted by atomic mass is 32.1. The summed E-state index contributed by atoms with van der Waals surface area (Å²) in [6.07, 6.45) is 0.997. The predicted molar refractivity (Wildman–Crippen MR) is 74.4 cm³/mol. The average molecular weight is 246 g/mol. The van der Waals surface area contributed by atoms with Crippen molar-refractivity contribution in [3.8, 4) is 10.6 Å². The largest absolute Gasteiger partial charge is 0.330 e. The Hall–Kier alpha value is -1.19. The fraction of sp³-hybridized carbons (Fsp3) is 0.357. The molecule has 0 saturated carbocycles. The molecule has 0 spiro atoms. The van der Waals surface area contributed by atoms with Gasteiger partial charge in [-0.2, -0.15) is 0 Å². The summed E-state index contributed by atoms with van der Waals surface area (Å²) in [7, 11) is 0. The van der Waals surface area contributed by atoms with Gasteiger partial charge in [0.2, 0.25) is 0 Å². The van der Waals surface area contributed by atoms with Crippen LogP contribution >= 0.6 is 11.3 Å². The van der Waals surface area contributed by atoms with Crippen molar-refractivity contribution in [2.24, 2.45) is 5.73 Å². The van der Waals surface area contributed by atoms with Gasteiger partial charge in [0, 0.05) is 16.9 Å². The summed E-state index contributed by atoms with van der Waals surface area (Å²) in [5, 5.41) is 3.25. The van der Waals surface area contributed by atoms with Crippen LogP contribution in [0.25, 0.3) is 10.6 Å². The standard InChI is InChI=1S/C14H18N2S/c1-10-3-5-12(6-4-10)14-16-13(9-17-14)11(2)7-8-15/h3-6,9,11H,7-8,15H2,1-2H3. The highest BCUT2D eigenvalue weighted by molar-refractivity contribution is 7.13. The van der Waals surface area contributed by atoms with Gasteiger partial charge in [0.05, 0.1) is 5.69 Å². The van der Waals surface area contributed by atoms with Gasteiger partial charge in [-0.25, -0.2) is 4.98 Å². The first kappa shape index (κ1) is 12.3. The van der Waals surface area contributed by atoms with Crippen molar-refractivity contribution in [3.63, 3.8) is 0 Å². The molecule has 0 fully saturated rings. The molecule has 0 aliphatic heterocycles. The molecule has 0 bridgehead atoms. The first-order valence-corrected chi connectivity index (χ1v) is 6.81. The summed E-state index contributed by atoms with van der Waals surface area (Å²) >= 11 is 1.71. The summed E-state index contributed by atoms with van der Waals surface area (Å²) in [5.41, 5.74) is 9.22. The molecule has 0 amide bonds. The van der Waals surface area contributed by atoms with Gasteiger partial charge in [0.1, 0.15) is 5.01 Å². The molecular formula is C14H18N2S. The van der Waals surface area contributed by atoms with Gasteiger partial charge in [-0.1, -0.05) is 36.8 Å². The lowest BCUT2D eigenvalue weighted by molar-refractivity contribution is 0.675. The van der Waals surface area contributed by atoms with Gasteiger partial charge in [0.15, 0.2) is 0 Å². The summed E-state index contributed by atoms with van der Waals surface area (Å²) in [5.74, 6) is 0.454. The normalized spacial score (nSPS) is 12.6. The number of benzene rings is 1. The molecule has 0 radical (unpaired) electrons. The second kappa shape index (κ2) is 5.43. The Morgan fingerprint density at radius 1 is 1.29 bits per heavy atom. The van der Waals surface area contributed by atoms with E-state index in [-0.39, 0.29) is 0 Å². The fourth-order valence-electron chi connectivity index (χ4n) is 1.74. The maximum Gasteiger partial charge on any atom is 0.123 e. The molecule has 2 nitrogen and oxygen atoms in total. The van der Waals surface area contributed by atoms with Crippen molar-refractivity contribution < 1.29 is 0 Å². The minimum Gasteiger partial charge on any atom is -0.330 e. The molecule has 1 unspecified atom stereocenters. The van der Waals surface area contributed by atoms with Crippen LogP contribution in [0.2, 0.25) is 0 Å². The highest BCUT2D eigenvalue weighted by Crippen LogP contribution is 2.28. The van der Waals surface area contributed by atoms with Crippen LogP contribution in [0.3, 0.4) is 0 Å². The SMILES string of the molecule is Cc1ccc(-c2nc(C(C)CCN)cs2)cc1. The number of hydrogen-bond acceptors (Lipinski definition) is 3. The molecule has 2 rings (SSSR count). The van der Waals surface area contributed by atoms with E-state index in [1.54, 1.807) is 11.3 Å². The second-order valence-corrected chi connectivity index (χ2v) is 5.28. The lowest BCUT2D eigenvalue weighted by Gasteiger charge is -2.05. The van der Waals surface area contributed by atoms with E-state index in [2.05, 4.69) is 43.5 Å². The first-order valence-electron chi connectivity index (χ1n) is 5.93. The Bertz CT molecular complexity index is 473. The summed E-state index contributed by atoms with van der Waals surface area (Å²) in [4.78, 5) is 4.69. The third kappa shape index (κ3) is 2.93. The third-order valence-electron chi connectivity index (χ3n) is 2.93. The Labute approximate surface area is 107 Å². The lowest BCUT2D eigenvalue weighted by atomic mass is 10.1. The first-order chi connectivity index (χ1) is 8.20. The zero-order chi connectivity index (χ0) is 12.3. The van der Waals surface area contributed by atoms with E-state index in [9.17, 15) is 0 Å². The van der Waals surface area contributed by atoms with E-state index < -0.39 is 0 Å². The van der Waals surface area contributed by atoms with Crippen LogP contribution in [0.15, 0.2) is 29.6 Å². The van der Waals surface area contributed by atoms with Gasteiger partial charge in [-0.05, 0) is 19.9 Å². The highest BCUT2D eigenvalue weighted by Gasteiger charge is 2.10.